The fraction of sp³-hybridized carbons (Fsp3) is 0.650. The third-order valence-corrected chi connectivity index (χ3v) is 3.25. The van der Waals surface area contributed by atoms with Crippen LogP contribution in [0.25, 0.3) is 0 Å². The summed E-state index contributed by atoms with van der Waals surface area (Å²) in [5, 5.41) is 0. The van der Waals surface area contributed by atoms with Gasteiger partial charge in [0.15, 0.2) is 0 Å². The number of ether oxygens (including phenoxy) is 5. The van der Waals surface area contributed by atoms with Crippen molar-refractivity contribution >= 4 is 5.97 Å². The molecule has 0 aliphatic carbocycles. The summed E-state index contributed by atoms with van der Waals surface area (Å²) >= 11 is 0. The van der Waals surface area contributed by atoms with Gasteiger partial charge in [-0.25, -0.2) is 0 Å². The van der Waals surface area contributed by atoms with Crippen molar-refractivity contribution in [1.82, 2.24) is 0 Å². The molecule has 0 atom stereocenters. The lowest BCUT2D eigenvalue weighted by molar-refractivity contribution is -0.156. The van der Waals surface area contributed by atoms with Crippen LogP contribution in [0.2, 0.25) is 0 Å². The molecule has 0 amide bonds. The average molecular weight is 383 g/mol. The maximum atomic E-state index is 11.5. The van der Waals surface area contributed by atoms with Crippen LogP contribution in [-0.4, -0.2) is 57.8 Å². The van der Waals surface area contributed by atoms with Crippen molar-refractivity contribution in [2.24, 2.45) is 5.73 Å². The zero-order chi connectivity index (χ0) is 20.0. The van der Waals surface area contributed by atoms with Gasteiger partial charge in [0, 0.05) is 6.54 Å². The number of carbonyl (C=O) groups is 1. The molecule has 0 spiro atoms. The first-order valence-electron chi connectivity index (χ1n) is 9.27. The Balaban J connectivity index is 1.87. The van der Waals surface area contributed by atoms with E-state index in [0.717, 1.165) is 11.3 Å². The molecule has 0 aliphatic heterocycles. The predicted molar refractivity (Wildman–Crippen MR) is 103 cm³/mol. The van der Waals surface area contributed by atoms with E-state index in [0.29, 0.717) is 52.8 Å². The summed E-state index contributed by atoms with van der Waals surface area (Å²) in [7, 11) is 0. The Kier molecular flexibility index (Phi) is 11.7. The summed E-state index contributed by atoms with van der Waals surface area (Å²) in [6, 6.07) is 7.70. The minimum absolute atomic E-state index is 0.245. The van der Waals surface area contributed by atoms with Gasteiger partial charge in [0.05, 0.1) is 46.1 Å². The summed E-state index contributed by atoms with van der Waals surface area (Å²) in [5.74, 6) is 0.537. The van der Waals surface area contributed by atoms with E-state index in [-0.39, 0.29) is 12.4 Å². The van der Waals surface area contributed by atoms with Crippen LogP contribution in [-0.2, 0) is 30.3 Å². The molecule has 0 saturated carbocycles. The molecule has 1 aromatic rings. The fourth-order valence-electron chi connectivity index (χ4n) is 2.07. The van der Waals surface area contributed by atoms with Crippen molar-refractivity contribution in [3.8, 4) is 5.75 Å². The predicted octanol–water partition coefficient (Wildman–Crippen LogP) is 2.31. The normalized spacial score (nSPS) is 11.4. The molecule has 1 aromatic carbocycles. The van der Waals surface area contributed by atoms with Gasteiger partial charge in [0.25, 0.3) is 0 Å². The lowest BCUT2D eigenvalue weighted by atomic mass is 10.2. The number of esters is 1. The Morgan fingerprint density at radius 1 is 0.926 bits per heavy atom. The molecule has 0 bridgehead atoms. The van der Waals surface area contributed by atoms with E-state index in [2.05, 4.69) is 0 Å². The van der Waals surface area contributed by atoms with Crippen LogP contribution >= 0.6 is 0 Å². The summed E-state index contributed by atoms with van der Waals surface area (Å²) in [4.78, 5) is 11.5. The van der Waals surface area contributed by atoms with Crippen LogP contribution in [0.15, 0.2) is 24.3 Å². The highest BCUT2D eigenvalue weighted by Crippen LogP contribution is 2.12. The first kappa shape index (κ1) is 23.4. The molecular weight excluding hydrogens is 350 g/mol. The molecule has 1 rings (SSSR count). The SMILES string of the molecule is CC(C)(C)OC(=O)CCOCCOCCOCCOc1cccc(CN)c1. The number of hydrogen-bond donors (Lipinski definition) is 1. The molecule has 7 nitrogen and oxygen atoms in total. The number of hydrogen-bond acceptors (Lipinski definition) is 7. The van der Waals surface area contributed by atoms with E-state index in [1.54, 1.807) is 0 Å². The maximum absolute atomic E-state index is 11.5. The van der Waals surface area contributed by atoms with Gasteiger partial charge in [-0.1, -0.05) is 12.1 Å². The second-order valence-corrected chi connectivity index (χ2v) is 6.87. The lowest BCUT2D eigenvalue weighted by Crippen LogP contribution is -2.24. The number of nitrogens with two attached hydrogens (primary N) is 1. The monoisotopic (exact) mass is 383 g/mol. The highest BCUT2D eigenvalue weighted by atomic mass is 16.6. The zero-order valence-electron chi connectivity index (χ0n) is 16.7. The van der Waals surface area contributed by atoms with Gasteiger partial charge < -0.3 is 29.4 Å². The van der Waals surface area contributed by atoms with E-state index in [9.17, 15) is 4.79 Å². The van der Waals surface area contributed by atoms with Crippen LogP contribution < -0.4 is 10.5 Å². The van der Waals surface area contributed by atoms with E-state index in [4.69, 9.17) is 29.4 Å². The molecule has 0 radical (unpaired) electrons. The molecule has 27 heavy (non-hydrogen) atoms. The molecular formula is C20H33NO6. The molecule has 0 saturated heterocycles. The highest BCUT2D eigenvalue weighted by molar-refractivity contribution is 5.69. The molecule has 0 unspecified atom stereocenters. The third-order valence-electron chi connectivity index (χ3n) is 3.25. The van der Waals surface area contributed by atoms with Gasteiger partial charge >= 0.3 is 5.97 Å². The first-order valence-corrected chi connectivity index (χ1v) is 9.27. The summed E-state index contributed by atoms with van der Waals surface area (Å²) in [6.45, 7) is 9.18. The van der Waals surface area contributed by atoms with E-state index >= 15 is 0 Å². The molecule has 7 heteroatoms. The average Bonchev–Trinajstić information content (AvgIpc) is 2.61. The van der Waals surface area contributed by atoms with E-state index in [1.807, 2.05) is 45.0 Å². The van der Waals surface area contributed by atoms with Gasteiger partial charge in [0.2, 0.25) is 0 Å². The zero-order valence-corrected chi connectivity index (χ0v) is 16.7. The maximum Gasteiger partial charge on any atom is 0.308 e. The Labute approximate surface area is 162 Å². The van der Waals surface area contributed by atoms with Crippen molar-refractivity contribution in [1.29, 1.82) is 0 Å². The molecule has 0 fully saturated rings. The first-order chi connectivity index (χ1) is 12.9. The second kappa shape index (κ2) is 13.5. The van der Waals surface area contributed by atoms with Crippen LogP contribution in [0, 0.1) is 0 Å². The van der Waals surface area contributed by atoms with Crippen molar-refractivity contribution in [3.05, 3.63) is 29.8 Å². The minimum atomic E-state index is -0.459. The Morgan fingerprint density at radius 2 is 1.52 bits per heavy atom. The van der Waals surface area contributed by atoms with Crippen LogP contribution in [0.1, 0.15) is 32.8 Å². The molecule has 0 aromatic heterocycles. The fourth-order valence-corrected chi connectivity index (χ4v) is 2.07. The van der Waals surface area contributed by atoms with Gasteiger partial charge in [-0.15, -0.1) is 0 Å². The van der Waals surface area contributed by atoms with Crippen molar-refractivity contribution in [2.45, 2.75) is 39.3 Å². The van der Waals surface area contributed by atoms with Gasteiger partial charge in [-0.2, -0.15) is 0 Å². The second-order valence-electron chi connectivity index (χ2n) is 6.87. The topological polar surface area (TPSA) is 89.2 Å². The van der Waals surface area contributed by atoms with Gasteiger partial charge in [0.1, 0.15) is 18.0 Å². The Morgan fingerprint density at radius 3 is 2.11 bits per heavy atom. The van der Waals surface area contributed by atoms with Crippen LogP contribution in [0.4, 0.5) is 0 Å². The summed E-state index contributed by atoms with van der Waals surface area (Å²) in [5.41, 5.74) is 6.17. The standard InChI is InChI=1S/C20H33NO6/c1-20(2,3)27-19(22)7-8-23-9-10-24-11-12-25-13-14-26-18-6-4-5-17(15-18)16-21/h4-6,15H,7-14,16,21H2,1-3H3. The largest absolute Gasteiger partial charge is 0.491 e. The minimum Gasteiger partial charge on any atom is -0.491 e. The lowest BCUT2D eigenvalue weighted by Gasteiger charge is -2.19. The Hall–Kier alpha value is -1.67. The smallest absolute Gasteiger partial charge is 0.308 e. The summed E-state index contributed by atoms with van der Waals surface area (Å²) in [6.07, 6.45) is 0.245. The van der Waals surface area contributed by atoms with Crippen LogP contribution in [0.3, 0.4) is 0 Å². The van der Waals surface area contributed by atoms with Gasteiger partial charge in [-0.05, 0) is 38.5 Å². The van der Waals surface area contributed by atoms with E-state index in [1.165, 1.54) is 0 Å². The van der Waals surface area contributed by atoms with Crippen LogP contribution in [0.5, 0.6) is 5.75 Å². The summed E-state index contributed by atoms with van der Waals surface area (Å²) < 4.78 is 27.0. The van der Waals surface area contributed by atoms with Crippen molar-refractivity contribution in [2.75, 3.05) is 46.2 Å². The molecule has 0 heterocycles. The van der Waals surface area contributed by atoms with Crippen molar-refractivity contribution in [3.63, 3.8) is 0 Å². The third kappa shape index (κ3) is 13.2. The molecule has 154 valence electrons. The van der Waals surface area contributed by atoms with Gasteiger partial charge in [-0.3, -0.25) is 4.79 Å². The Bertz CT molecular complexity index is 529. The number of benzene rings is 1. The molecule has 2 N–H and O–H groups in total. The number of carbonyl (C=O) groups excluding carboxylic acids is 1. The highest BCUT2D eigenvalue weighted by Gasteiger charge is 2.15. The quantitative estimate of drug-likeness (QED) is 0.389. The van der Waals surface area contributed by atoms with E-state index < -0.39 is 5.60 Å². The number of rotatable bonds is 14. The molecule has 0 aliphatic rings. The van der Waals surface area contributed by atoms with Crippen molar-refractivity contribution < 1.29 is 28.5 Å².